The first-order valence-corrected chi connectivity index (χ1v) is 6.40. The van der Waals surface area contributed by atoms with E-state index in [9.17, 15) is 0 Å². The maximum Gasteiger partial charge on any atom is 0.119 e. The third-order valence-corrected chi connectivity index (χ3v) is 3.37. The average molecular weight is 271 g/mol. The second kappa shape index (κ2) is 7.62. The van der Waals surface area contributed by atoms with E-state index in [1.165, 1.54) is 18.5 Å². The minimum atomic E-state index is 0. The van der Waals surface area contributed by atoms with Crippen LogP contribution < -0.4 is 10.5 Å². The van der Waals surface area contributed by atoms with Crippen LogP contribution in [0.5, 0.6) is 5.75 Å². The Kier molecular flexibility index (Phi) is 6.47. The van der Waals surface area contributed by atoms with Gasteiger partial charge in [0.05, 0.1) is 0 Å². The van der Waals surface area contributed by atoms with Gasteiger partial charge in [0.15, 0.2) is 0 Å². The Morgan fingerprint density at radius 3 is 2.94 bits per heavy atom. The van der Waals surface area contributed by atoms with Gasteiger partial charge in [0.1, 0.15) is 12.4 Å². The van der Waals surface area contributed by atoms with E-state index in [0.29, 0.717) is 5.92 Å². The van der Waals surface area contributed by atoms with Crippen molar-refractivity contribution >= 4 is 12.4 Å². The van der Waals surface area contributed by atoms with Gasteiger partial charge >= 0.3 is 0 Å². The largest absolute Gasteiger partial charge is 0.492 e. The van der Waals surface area contributed by atoms with E-state index in [2.05, 4.69) is 24.0 Å². The van der Waals surface area contributed by atoms with Crippen LogP contribution in [-0.4, -0.2) is 37.7 Å². The molecule has 102 valence electrons. The zero-order chi connectivity index (χ0) is 12.1. The summed E-state index contributed by atoms with van der Waals surface area (Å²) in [6.07, 6.45) is 1.24. The van der Waals surface area contributed by atoms with E-state index in [4.69, 9.17) is 10.5 Å². The van der Waals surface area contributed by atoms with Crippen molar-refractivity contribution in [3.63, 3.8) is 0 Å². The van der Waals surface area contributed by atoms with Crippen LogP contribution in [0.15, 0.2) is 24.3 Å². The van der Waals surface area contributed by atoms with Crippen LogP contribution in [0, 0.1) is 12.8 Å². The van der Waals surface area contributed by atoms with E-state index in [1.807, 2.05) is 12.1 Å². The zero-order valence-electron chi connectivity index (χ0n) is 11.0. The van der Waals surface area contributed by atoms with Gasteiger partial charge in [0.2, 0.25) is 0 Å². The SMILES string of the molecule is Cc1cccc(OCCN2CCC(CN)C2)c1.Cl. The van der Waals surface area contributed by atoms with Crippen LogP contribution in [0.3, 0.4) is 0 Å². The molecule has 1 aliphatic heterocycles. The predicted octanol–water partition coefficient (Wildman–Crippen LogP) is 2.08. The third-order valence-electron chi connectivity index (χ3n) is 3.37. The first-order chi connectivity index (χ1) is 8.28. The van der Waals surface area contributed by atoms with Crippen LogP contribution in [0.4, 0.5) is 0 Å². The summed E-state index contributed by atoms with van der Waals surface area (Å²) in [5.41, 5.74) is 6.92. The number of aryl methyl sites for hydroxylation is 1. The number of nitrogens with two attached hydrogens (primary N) is 1. The number of nitrogens with zero attached hydrogens (tertiary/aromatic N) is 1. The smallest absolute Gasteiger partial charge is 0.119 e. The Hall–Kier alpha value is -0.770. The first-order valence-electron chi connectivity index (χ1n) is 6.40. The Bertz CT molecular complexity index is 359. The summed E-state index contributed by atoms with van der Waals surface area (Å²) in [6.45, 7) is 6.96. The molecule has 0 radical (unpaired) electrons. The summed E-state index contributed by atoms with van der Waals surface area (Å²) in [5.74, 6) is 1.66. The van der Waals surface area contributed by atoms with Crippen molar-refractivity contribution in [1.82, 2.24) is 4.90 Å². The van der Waals surface area contributed by atoms with Gasteiger partial charge in [-0.3, -0.25) is 4.90 Å². The molecule has 1 aromatic rings. The van der Waals surface area contributed by atoms with Crippen LogP contribution in [0.25, 0.3) is 0 Å². The van der Waals surface area contributed by atoms with Crippen molar-refractivity contribution in [3.05, 3.63) is 29.8 Å². The van der Waals surface area contributed by atoms with E-state index < -0.39 is 0 Å². The lowest BCUT2D eigenvalue weighted by atomic mass is 10.1. The van der Waals surface area contributed by atoms with Gasteiger partial charge in [-0.05, 0) is 50.0 Å². The fourth-order valence-corrected chi connectivity index (χ4v) is 2.31. The highest BCUT2D eigenvalue weighted by atomic mass is 35.5. The molecule has 18 heavy (non-hydrogen) atoms. The Morgan fingerprint density at radius 1 is 1.44 bits per heavy atom. The van der Waals surface area contributed by atoms with Crippen LogP contribution in [0.1, 0.15) is 12.0 Å². The molecule has 1 heterocycles. The lowest BCUT2D eigenvalue weighted by Crippen LogP contribution is -2.27. The quantitative estimate of drug-likeness (QED) is 0.890. The number of benzene rings is 1. The van der Waals surface area contributed by atoms with E-state index >= 15 is 0 Å². The predicted molar refractivity (Wildman–Crippen MR) is 77.5 cm³/mol. The van der Waals surface area contributed by atoms with Gasteiger partial charge in [-0.1, -0.05) is 12.1 Å². The summed E-state index contributed by atoms with van der Waals surface area (Å²) in [6, 6.07) is 8.20. The summed E-state index contributed by atoms with van der Waals surface area (Å²) >= 11 is 0. The third kappa shape index (κ3) is 4.48. The van der Waals surface area contributed by atoms with Gasteiger partial charge < -0.3 is 10.5 Å². The van der Waals surface area contributed by atoms with Crippen molar-refractivity contribution < 1.29 is 4.74 Å². The maximum atomic E-state index is 5.74. The highest BCUT2D eigenvalue weighted by Gasteiger charge is 2.20. The lowest BCUT2D eigenvalue weighted by Gasteiger charge is -2.16. The van der Waals surface area contributed by atoms with Crippen molar-refractivity contribution in [2.45, 2.75) is 13.3 Å². The van der Waals surface area contributed by atoms with Gasteiger partial charge in [-0.15, -0.1) is 12.4 Å². The molecule has 2 N–H and O–H groups in total. The van der Waals surface area contributed by atoms with Crippen molar-refractivity contribution in [2.75, 3.05) is 32.8 Å². The van der Waals surface area contributed by atoms with E-state index in [1.54, 1.807) is 0 Å². The molecule has 0 spiro atoms. The Balaban J connectivity index is 0.00000162. The minimum absolute atomic E-state index is 0. The standard InChI is InChI=1S/C14H22N2O.ClH/c1-12-3-2-4-14(9-12)17-8-7-16-6-5-13(10-15)11-16;/h2-4,9,13H,5-8,10-11,15H2,1H3;1H. The maximum absolute atomic E-state index is 5.74. The number of hydrogen-bond donors (Lipinski definition) is 1. The summed E-state index contributed by atoms with van der Waals surface area (Å²) in [7, 11) is 0. The molecule has 0 saturated carbocycles. The van der Waals surface area contributed by atoms with Gasteiger partial charge in [-0.2, -0.15) is 0 Å². The number of likely N-dealkylation sites (tertiary alicyclic amines) is 1. The summed E-state index contributed by atoms with van der Waals surface area (Å²) in [5, 5.41) is 0. The second-order valence-electron chi connectivity index (χ2n) is 4.86. The zero-order valence-corrected chi connectivity index (χ0v) is 11.8. The molecular weight excluding hydrogens is 248 g/mol. The van der Waals surface area contributed by atoms with E-state index in [-0.39, 0.29) is 12.4 Å². The molecule has 1 saturated heterocycles. The lowest BCUT2D eigenvalue weighted by molar-refractivity contribution is 0.233. The molecule has 1 aromatic carbocycles. The molecule has 3 nitrogen and oxygen atoms in total. The highest BCUT2D eigenvalue weighted by Crippen LogP contribution is 2.15. The molecular formula is C14H23ClN2O. The molecule has 4 heteroatoms. The van der Waals surface area contributed by atoms with Crippen molar-refractivity contribution in [3.8, 4) is 5.75 Å². The Labute approximate surface area is 116 Å². The molecule has 1 fully saturated rings. The molecule has 1 unspecified atom stereocenters. The molecule has 1 atom stereocenters. The van der Waals surface area contributed by atoms with Gasteiger partial charge in [-0.25, -0.2) is 0 Å². The highest BCUT2D eigenvalue weighted by molar-refractivity contribution is 5.85. The van der Waals surface area contributed by atoms with Crippen LogP contribution in [-0.2, 0) is 0 Å². The van der Waals surface area contributed by atoms with Crippen LogP contribution in [0.2, 0.25) is 0 Å². The first kappa shape index (κ1) is 15.3. The number of hydrogen-bond acceptors (Lipinski definition) is 3. The molecule has 0 bridgehead atoms. The second-order valence-corrected chi connectivity index (χ2v) is 4.86. The topological polar surface area (TPSA) is 38.5 Å². The van der Waals surface area contributed by atoms with Crippen molar-refractivity contribution in [1.29, 1.82) is 0 Å². The molecule has 0 aromatic heterocycles. The molecule has 0 aliphatic carbocycles. The van der Waals surface area contributed by atoms with Gasteiger partial charge in [0.25, 0.3) is 0 Å². The number of ether oxygens (including phenoxy) is 1. The van der Waals surface area contributed by atoms with E-state index in [0.717, 1.165) is 32.0 Å². The number of halogens is 1. The number of rotatable bonds is 5. The fraction of sp³-hybridized carbons (Fsp3) is 0.571. The molecule has 0 amide bonds. The minimum Gasteiger partial charge on any atom is -0.492 e. The molecule has 2 rings (SSSR count). The summed E-state index contributed by atoms with van der Waals surface area (Å²) in [4.78, 5) is 2.44. The molecule has 1 aliphatic rings. The van der Waals surface area contributed by atoms with Crippen LogP contribution >= 0.6 is 12.4 Å². The summed E-state index contributed by atoms with van der Waals surface area (Å²) < 4.78 is 5.74. The Morgan fingerprint density at radius 2 is 2.28 bits per heavy atom. The average Bonchev–Trinajstić information content (AvgIpc) is 2.77. The van der Waals surface area contributed by atoms with Gasteiger partial charge in [0, 0.05) is 13.1 Å². The van der Waals surface area contributed by atoms with Crippen molar-refractivity contribution in [2.24, 2.45) is 11.7 Å². The fourth-order valence-electron chi connectivity index (χ4n) is 2.31. The normalized spacial score (nSPS) is 19.6. The monoisotopic (exact) mass is 270 g/mol.